The molecule has 1 aliphatic rings. The molecule has 0 amide bonds. The molecule has 15 heavy (non-hydrogen) atoms. The van der Waals surface area contributed by atoms with Gasteiger partial charge < -0.3 is 10.5 Å². The van der Waals surface area contributed by atoms with E-state index < -0.39 is 0 Å². The molecule has 0 radical (unpaired) electrons. The van der Waals surface area contributed by atoms with Crippen LogP contribution >= 0.6 is 0 Å². The molecule has 0 spiro atoms. The molecule has 0 aliphatic heterocycles. The molecule has 2 N–H and O–H groups in total. The SMILES string of the molecule is COC1(c2nccc(CCN)n2)CCC1. The molecule has 0 bridgehead atoms. The van der Waals surface area contributed by atoms with Crippen LogP contribution in [0.5, 0.6) is 0 Å². The molecule has 0 atom stereocenters. The van der Waals surface area contributed by atoms with E-state index in [9.17, 15) is 0 Å². The van der Waals surface area contributed by atoms with Crippen LogP contribution in [0.4, 0.5) is 0 Å². The molecule has 4 heteroatoms. The van der Waals surface area contributed by atoms with Gasteiger partial charge in [0.25, 0.3) is 0 Å². The zero-order valence-corrected chi connectivity index (χ0v) is 9.07. The van der Waals surface area contributed by atoms with Crippen LogP contribution in [0.25, 0.3) is 0 Å². The van der Waals surface area contributed by atoms with Crippen LogP contribution in [-0.2, 0) is 16.8 Å². The maximum Gasteiger partial charge on any atom is 0.160 e. The monoisotopic (exact) mass is 207 g/mol. The predicted octanol–water partition coefficient (Wildman–Crippen LogP) is 1.00. The number of methoxy groups -OCH3 is 1. The Morgan fingerprint density at radius 3 is 2.87 bits per heavy atom. The molecule has 1 heterocycles. The minimum Gasteiger partial charge on any atom is -0.370 e. The normalized spacial score (nSPS) is 18.5. The van der Waals surface area contributed by atoms with Crippen molar-refractivity contribution >= 4 is 0 Å². The molecule has 2 rings (SSSR count). The Balaban J connectivity index is 2.23. The van der Waals surface area contributed by atoms with E-state index in [1.54, 1.807) is 13.3 Å². The van der Waals surface area contributed by atoms with E-state index in [1.165, 1.54) is 6.42 Å². The van der Waals surface area contributed by atoms with E-state index >= 15 is 0 Å². The maximum atomic E-state index is 5.54. The minimum atomic E-state index is -0.218. The van der Waals surface area contributed by atoms with Crippen molar-refractivity contribution in [2.75, 3.05) is 13.7 Å². The van der Waals surface area contributed by atoms with Gasteiger partial charge in [0.2, 0.25) is 0 Å². The Morgan fingerprint density at radius 1 is 1.53 bits per heavy atom. The van der Waals surface area contributed by atoms with Gasteiger partial charge in [-0.25, -0.2) is 9.97 Å². The Hall–Kier alpha value is -1.00. The number of nitrogens with zero attached hydrogens (tertiary/aromatic N) is 2. The van der Waals surface area contributed by atoms with Crippen molar-refractivity contribution in [1.29, 1.82) is 0 Å². The van der Waals surface area contributed by atoms with Crippen LogP contribution in [0, 0.1) is 0 Å². The number of hydrogen-bond donors (Lipinski definition) is 1. The molecule has 1 saturated carbocycles. The highest BCUT2D eigenvalue weighted by molar-refractivity contribution is 5.12. The van der Waals surface area contributed by atoms with Crippen molar-refractivity contribution in [2.45, 2.75) is 31.3 Å². The fourth-order valence-electron chi connectivity index (χ4n) is 1.92. The van der Waals surface area contributed by atoms with E-state index in [0.717, 1.165) is 30.8 Å². The Labute approximate surface area is 89.9 Å². The lowest BCUT2D eigenvalue weighted by Crippen LogP contribution is -2.38. The van der Waals surface area contributed by atoms with Crippen molar-refractivity contribution in [3.8, 4) is 0 Å². The summed E-state index contributed by atoms with van der Waals surface area (Å²) in [7, 11) is 1.73. The van der Waals surface area contributed by atoms with Gasteiger partial charge in [0.15, 0.2) is 5.82 Å². The maximum absolute atomic E-state index is 5.54. The third-order valence-electron chi connectivity index (χ3n) is 3.07. The van der Waals surface area contributed by atoms with E-state index in [0.29, 0.717) is 6.54 Å². The molecule has 0 aromatic carbocycles. The largest absolute Gasteiger partial charge is 0.370 e. The van der Waals surface area contributed by atoms with Crippen LogP contribution in [0.1, 0.15) is 30.8 Å². The van der Waals surface area contributed by atoms with Gasteiger partial charge in [-0.2, -0.15) is 0 Å². The average molecular weight is 207 g/mol. The van der Waals surface area contributed by atoms with Gasteiger partial charge >= 0.3 is 0 Å². The van der Waals surface area contributed by atoms with E-state index in [1.807, 2.05) is 6.07 Å². The second-order valence-corrected chi connectivity index (χ2v) is 3.96. The standard InChI is InChI=1S/C11H17N3O/c1-15-11(5-2-6-11)10-13-8-4-9(14-10)3-7-12/h4,8H,2-3,5-7,12H2,1H3. The summed E-state index contributed by atoms with van der Waals surface area (Å²) in [6.45, 7) is 0.621. The summed E-state index contributed by atoms with van der Waals surface area (Å²) in [5, 5.41) is 0. The Kier molecular flexibility index (Phi) is 2.98. The molecule has 82 valence electrons. The second-order valence-electron chi connectivity index (χ2n) is 3.96. The van der Waals surface area contributed by atoms with Crippen molar-refractivity contribution in [3.63, 3.8) is 0 Å². The Morgan fingerprint density at radius 2 is 2.33 bits per heavy atom. The minimum absolute atomic E-state index is 0.218. The molecule has 1 aromatic heterocycles. The summed E-state index contributed by atoms with van der Waals surface area (Å²) in [6.07, 6.45) is 5.84. The average Bonchev–Trinajstić information content (AvgIpc) is 2.18. The first-order valence-corrected chi connectivity index (χ1v) is 5.38. The highest BCUT2D eigenvalue weighted by atomic mass is 16.5. The second kappa shape index (κ2) is 4.24. The lowest BCUT2D eigenvalue weighted by Gasteiger charge is -2.38. The lowest BCUT2D eigenvalue weighted by atomic mass is 9.79. The molecule has 1 aromatic rings. The summed E-state index contributed by atoms with van der Waals surface area (Å²) in [6, 6.07) is 1.92. The lowest BCUT2D eigenvalue weighted by molar-refractivity contribution is -0.0848. The fourth-order valence-corrected chi connectivity index (χ4v) is 1.92. The molecule has 0 unspecified atom stereocenters. The van der Waals surface area contributed by atoms with Gasteiger partial charge in [-0.3, -0.25) is 0 Å². The zero-order chi connectivity index (χ0) is 10.7. The third-order valence-corrected chi connectivity index (χ3v) is 3.07. The van der Waals surface area contributed by atoms with Crippen LogP contribution in [0.3, 0.4) is 0 Å². The summed E-state index contributed by atoms with van der Waals surface area (Å²) >= 11 is 0. The fraction of sp³-hybridized carbons (Fsp3) is 0.636. The topological polar surface area (TPSA) is 61.0 Å². The molecule has 1 aliphatic carbocycles. The van der Waals surface area contributed by atoms with E-state index in [2.05, 4.69) is 9.97 Å². The predicted molar refractivity (Wildman–Crippen MR) is 57.3 cm³/mol. The van der Waals surface area contributed by atoms with Gasteiger partial charge in [-0.15, -0.1) is 0 Å². The van der Waals surface area contributed by atoms with Gasteiger partial charge in [0.1, 0.15) is 5.60 Å². The smallest absolute Gasteiger partial charge is 0.160 e. The van der Waals surface area contributed by atoms with Gasteiger partial charge in [-0.05, 0) is 31.9 Å². The molecular weight excluding hydrogens is 190 g/mol. The number of aromatic nitrogens is 2. The van der Waals surface area contributed by atoms with E-state index in [-0.39, 0.29) is 5.60 Å². The third kappa shape index (κ3) is 1.87. The first-order valence-electron chi connectivity index (χ1n) is 5.38. The zero-order valence-electron chi connectivity index (χ0n) is 9.07. The van der Waals surface area contributed by atoms with Crippen molar-refractivity contribution in [3.05, 3.63) is 23.8 Å². The van der Waals surface area contributed by atoms with Crippen molar-refractivity contribution in [2.24, 2.45) is 5.73 Å². The van der Waals surface area contributed by atoms with Crippen LogP contribution in [0.15, 0.2) is 12.3 Å². The van der Waals surface area contributed by atoms with Gasteiger partial charge in [0.05, 0.1) is 0 Å². The van der Waals surface area contributed by atoms with E-state index in [4.69, 9.17) is 10.5 Å². The number of ether oxygens (including phenoxy) is 1. The first kappa shape index (κ1) is 10.5. The molecule has 1 fully saturated rings. The highest BCUT2D eigenvalue weighted by Gasteiger charge is 2.41. The van der Waals surface area contributed by atoms with Gasteiger partial charge in [0, 0.05) is 25.4 Å². The molecular formula is C11H17N3O. The van der Waals surface area contributed by atoms with Gasteiger partial charge in [-0.1, -0.05) is 0 Å². The summed E-state index contributed by atoms with van der Waals surface area (Å²) in [4.78, 5) is 8.82. The molecule has 4 nitrogen and oxygen atoms in total. The number of rotatable bonds is 4. The van der Waals surface area contributed by atoms with Crippen LogP contribution in [-0.4, -0.2) is 23.6 Å². The summed E-state index contributed by atoms with van der Waals surface area (Å²) in [5.41, 5.74) is 6.29. The molecule has 0 saturated heterocycles. The number of hydrogen-bond acceptors (Lipinski definition) is 4. The quantitative estimate of drug-likeness (QED) is 0.800. The summed E-state index contributed by atoms with van der Waals surface area (Å²) < 4.78 is 5.54. The number of nitrogens with two attached hydrogens (primary N) is 1. The van der Waals surface area contributed by atoms with Crippen molar-refractivity contribution in [1.82, 2.24) is 9.97 Å². The Bertz CT molecular complexity index is 331. The van der Waals surface area contributed by atoms with Crippen molar-refractivity contribution < 1.29 is 4.74 Å². The van der Waals surface area contributed by atoms with Crippen LogP contribution < -0.4 is 5.73 Å². The first-order chi connectivity index (χ1) is 7.30. The van der Waals surface area contributed by atoms with Crippen LogP contribution in [0.2, 0.25) is 0 Å². The highest BCUT2D eigenvalue weighted by Crippen LogP contribution is 2.42. The summed E-state index contributed by atoms with van der Waals surface area (Å²) in [5.74, 6) is 0.821.